The van der Waals surface area contributed by atoms with E-state index in [-0.39, 0.29) is 6.54 Å². The molecule has 0 radical (unpaired) electrons. The monoisotopic (exact) mass is 193 g/mol. The number of hydrogen-bond donors (Lipinski definition) is 1. The van der Waals surface area contributed by atoms with E-state index in [4.69, 9.17) is 5.11 Å². The minimum Gasteiger partial charge on any atom is -0.390 e. The lowest BCUT2D eigenvalue weighted by atomic mass is 9.88. The highest BCUT2D eigenvalue weighted by atomic mass is 19.3. The minimum atomic E-state index is -2.93. The van der Waals surface area contributed by atoms with Gasteiger partial charge in [0.1, 0.15) is 6.61 Å². The predicted octanol–water partition coefficient (Wildman–Crippen LogP) is 1.20. The first-order valence-electron chi connectivity index (χ1n) is 4.65. The van der Waals surface area contributed by atoms with Crippen LogP contribution < -0.4 is 0 Å². The summed E-state index contributed by atoms with van der Waals surface area (Å²) in [5, 5.41) is 8.36. The highest BCUT2D eigenvalue weighted by Crippen LogP contribution is 2.26. The van der Waals surface area contributed by atoms with Gasteiger partial charge < -0.3 is 5.11 Å². The van der Waals surface area contributed by atoms with Crippen LogP contribution >= 0.6 is 0 Å². The summed E-state index contributed by atoms with van der Waals surface area (Å²) in [4.78, 5) is 1.70. The van der Waals surface area contributed by atoms with Gasteiger partial charge in [0.15, 0.2) is 0 Å². The summed E-state index contributed by atoms with van der Waals surface area (Å²) in [6.45, 7) is 4.35. The molecular weight excluding hydrogens is 176 g/mol. The zero-order valence-corrected chi connectivity index (χ0v) is 8.13. The molecule has 1 saturated heterocycles. The smallest absolute Gasteiger partial charge is 0.283 e. The maximum Gasteiger partial charge on any atom is 0.283 e. The van der Waals surface area contributed by atoms with Crippen molar-refractivity contribution in [3.63, 3.8) is 0 Å². The molecule has 0 amide bonds. The average molecular weight is 193 g/mol. The molecule has 4 heteroatoms. The Morgan fingerprint density at radius 3 is 2.38 bits per heavy atom. The molecule has 0 aromatic heterocycles. The second-order valence-corrected chi connectivity index (χ2v) is 4.21. The molecule has 1 heterocycles. The molecular formula is C9H17F2NO. The summed E-state index contributed by atoms with van der Waals surface area (Å²) in [5.41, 5.74) is 0. The van der Waals surface area contributed by atoms with Gasteiger partial charge in [-0.15, -0.1) is 0 Å². The van der Waals surface area contributed by atoms with E-state index in [1.54, 1.807) is 4.90 Å². The molecule has 0 unspecified atom stereocenters. The van der Waals surface area contributed by atoms with Crippen LogP contribution in [0.25, 0.3) is 0 Å². The van der Waals surface area contributed by atoms with E-state index in [9.17, 15) is 8.78 Å². The maximum absolute atomic E-state index is 12.7. The van der Waals surface area contributed by atoms with Crippen LogP contribution in [-0.4, -0.2) is 42.2 Å². The maximum atomic E-state index is 12.7. The van der Waals surface area contributed by atoms with Crippen molar-refractivity contribution >= 4 is 0 Å². The van der Waals surface area contributed by atoms with Gasteiger partial charge in [0.05, 0.1) is 6.54 Å². The van der Waals surface area contributed by atoms with E-state index in [0.717, 1.165) is 13.1 Å². The number of rotatable bonds is 4. The van der Waals surface area contributed by atoms with Crippen molar-refractivity contribution in [3.8, 4) is 0 Å². The number of likely N-dealkylation sites (tertiary alicyclic amines) is 1. The zero-order chi connectivity index (χ0) is 10.1. The van der Waals surface area contributed by atoms with Crippen molar-refractivity contribution in [1.82, 2.24) is 4.90 Å². The molecule has 0 aliphatic carbocycles. The van der Waals surface area contributed by atoms with Gasteiger partial charge in [0.2, 0.25) is 0 Å². The molecule has 1 fully saturated rings. The molecule has 1 rings (SSSR count). The Morgan fingerprint density at radius 1 is 1.46 bits per heavy atom. The van der Waals surface area contributed by atoms with Crippen molar-refractivity contribution in [2.24, 2.45) is 11.8 Å². The Morgan fingerprint density at radius 2 is 2.00 bits per heavy atom. The number of nitrogens with zero attached hydrogens (tertiary/aromatic N) is 1. The van der Waals surface area contributed by atoms with E-state index in [1.165, 1.54) is 0 Å². The molecule has 0 aromatic rings. The van der Waals surface area contributed by atoms with Crippen molar-refractivity contribution in [2.75, 3.05) is 26.2 Å². The van der Waals surface area contributed by atoms with E-state index in [0.29, 0.717) is 11.8 Å². The van der Waals surface area contributed by atoms with E-state index < -0.39 is 12.5 Å². The van der Waals surface area contributed by atoms with Crippen LogP contribution in [0.4, 0.5) is 8.78 Å². The summed E-state index contributed by atoms with van der Waals surface area (Å²) in [6.07, 6.45) is 0. The van der Waals surface area contributed by atoms with Crippen molar-refractivity contribution in [2.45, 2.75) is 19.8 Å². The number of aliphatic hydroxyl groups is 1. The number of hydrogen-bond acceptors (Lipinski definition) is 2. The number of aliphatic hydroxyl groups excluding tert-OH is 1. The highest BCUT2D eigenvalue weighted by molar-refractivity contribution is 4.85. The third-order valence-corrected chi connectivity index (χ3v) is 2.61. The van der Waals surface area contributed by atoms with Crippen LogP contribution in [-0.2, 0) is 0 Å². The fourth-order valence-corrected chi connectivity index (χ4v) is 1.54. The summed E-state index contributed by atoms with van der Waals surface area (Å²) >= 11 is 0. The summed E-state index contributed by atoms with van der Waals surface area (Å²) < 4.78 is 25.3. The Bertz CT molecular complexity index is 167. The van der Waals surface area contributed by atoms with Crippen molar-refractivity contribution in [1.29, 1.82) is 0 Å². The second-order valence-electron chi connectivity index (χ2n) is 4.21. The lowest BCUT2D eigenvalue weighted by Crippen LogP contribution is -2.53. The molecule has 1 aliphatic heterocycles. The predicted molar refractivity (Wildman–Crippen MR) is 46.8 cm³/mol. The van der Waals surface area contributed by atoms with Crippen molar-refractivity contribution in [3.05, 3.63) is 0 Å². The van der Waals surface area contributed by atoms with E-state index >= 15 is 0 Å². The second kappa shape index (κ2) is 3.88. The first-order valence-corrected chi connectivity index (χ1v) is 4.65. The van der Waals surface area contributed by atoms with Crippen LogP contribution in [0.2, 0.25) is 0 Å². The van der Waals surface area contributed by atoms with Crippen LogP contribution in [0.15, 0.2) is 0 Å². The SMILES string of the molecule is CC(C)C1CN(CC(F)(F)CO)C1. The molecule has 13 heavy (non-hydrogen) atoms. The molecule has 0 saturated carbocycles. The van der Waals surface area contributed by atoms with E-state index in [2.05, 4.69) is 13.8 Å². The first-order chi connectivity index (χ1) is 5.94. The third-order valence-electron chi connectivity index (χ3n) is 2.61. The van der Waals surface area contributed by atoms with Gasteiger partial charge in [-0.05, 0) is 11.8 Å². The van der Waals surface area contributed by atoms with Gasteiger partial charge in [0, 0.05) is 13.1 Å². The third kappa shape index (κ3) is 2.88. The molecule has 0 aromatic carbocycles. The van der Waals surface area contributed by atoms with Crippen LogP contribution in [0.5, 0.6) is 0 Å². The Hall–Kier alpha value is -0.220. The van der Waals surface area contributed by atoms with Crippen LogP contribution in [0.1, 0.15) is 13.8 Å². The van der Waals surface area contributed by atoms with Crippen molar-refractivity contribution < 1.29 is 13.9 Å². The highest BCUT2D eigenvalue weighted by Gasteiger charge is 2.37. The van der Waals surface area contributed by atoms with E-state index in [1.807, 2.05) is 0 Å². The van der Waals surface area contributed by atoms with Gasteiger partial charge in [-0.25, -0.2) is 8.78 Å². The number of halogens is 2. The largest absolute Gasteiger partial charge is 0.390 e. The normalized spacial score (nSPS) is 20.8. The van der Waals surface area contributed by atoms with Gasteiger partial charge in [0.25, 0.3) is 5.92 Å². The van der Waals surface area contributed by atoms with Gasteiger partial charge >= 0.3 is 0 Å². The fraction of sp³-hybridized carbons (Fsp3) is 1.00. The fourth-order valence-electron chi connectivity index (χ4n) is 1.54. The molecule has 0 bridgehead atoms. The molecule has 2 nitrogen and oxygen atoms in total. The molecule has 0 spiro atoms. The average Bonchev–Trinajstić information content (AvgIpc) is 1.95. The topological polar surface area (TPSA) is 23.5 Å². The van der Waals surface area contributed by atoms with Gasteiger partial charge in [-0.3, -0.25) is 4.90 Å². The molecule has 1 N–H and O–H groups in total. The molecule has 1 aliphatic rings. The summed E-state index contributed by atoms with van der Waals surface area (Å²) in [7, 11) is 0. The standard InChI is InChI=1S/C9H17F2NO/c1-7(2)8-3-12(4-8)5-9(10,11)6-13/h7-8,13H,3-6H2,1-2H3. The van der Waals surface area contributed by atoms with Crippen LogP contribution in [0, 0.1) is 11.8 Å². The minimum absolute atomic E-state index is 0.299. The van der Waals surface area contributed by atoms with Gasteiger partial charge in [-0.1, -0.05) is 13.8 Å². The summed E-state index contributed by atoms with van der Waals surface area (Å²) in [6, 6.07) is 0. The van der Waals surface area contributed by atoms with Crippen LogP contribution in [0.3, 0.4) is 0 Å². The lowest BCUT2D eigenvalue weighted by Gasteiger charge is -2.42. The lowest BCUT2D eigenvalue weighted by molar-refractivity contribution is -0.0956. The molecule has 0 atom stereocenters. The summed E-state index contributed by atoms with van der Waals surface area (Å²) in [5.74, 6) is -1.81. The Kier molecular flexibility index (Phi) is 3.24. The Labute approximate surface area is 77.5 Å². The zero-order valence-electron chi connectivity index (χ0n) is 8.13. The van der Waals surface area contributed by atoms with Gasteiger partial charge in [-0.2, -0.15) is 0 Å². The Balaban J connectivity index is 2.21. The number of alkyl halides is 2. The first kappa shape index (κ1) is 10.9. The quantitative estimate of drug-likeness (QED) is 0.725. The molecule has 78 valence electrons.